The summed E-state index contributed by atoms with van der Waals surface area (Å²) in [6.07, 6.45) is 1.73. The Morgan fingerprint density at radius 2 is 2.12 bits per heavy atom. The van der Waals surface area contributed by atoms with Crippen molar-refractivity contribution in [2.75, 3.05) is 0 Å². The summed E-state index contributed by atoms with van der Waals surface area (Å²) in [5, 5.41) is 8.94. The summed E-state index contributed by atoms with van der Waals surface area (Å²) in [5.41, 5.74) is 2.21. The molecule has 24 heavy (non-hydrogen) atoms. The van der Waals surface area contributed by atoms with Crippen LogP contribution in [0.25, 0.3) is 0 Å². The third kappa shape index (κ3) is 3.09. The first-order valence-electron chi connectivity index (χ1n) is 7.78. The summed E-state index contributed by atoms with van der Waals surface area (Å²) >= 11 is 0. The van der Waals surface area contributed by atoms with Crippen molar-refractivity contribution in [2.45, 2.75) is 32.2 Å². The number of nitrogens with zero attached hydrogens (tertiary/aromatic N) is 3. The molecule has 4 nitrogen and oxygen atoms in total. The summed E-state index contributed by atoms with van der Waals surface area (Å²) < 4.78 is 14.5. The molecule has 1 aliphatic heterocycles. The van der Waals surface area contributed by atoms with Crippen LogP contribution in [-0.4, -0.2) is 16.5 Å². The molecule has 2 heterocycles. The average Bonchev–Trinajstić information content (AvgIpc) is 3.02. The molecule has 0 fully saturated rings. The van der Waals surface area contributed by atoms with Gasteiger partial charge in [-0.2, -0.15) is 5.26 Å². The van der Waals surface area contributed by atoms with Crippen LogP contribution >= 0.6 is 0 Å². The molecule has 1 aromatic heterocycles. The number of carbonyl (C=O) groups is 1. The Morgan fingerprint density at radius 1 is 1.38 bits per heavy atom. The lowest BCUT2D eigenvalue weighted by atomic mass is 9.94. The Balaban J connectivity index is 1.71. The van der Waals surface area contributed by atoms with Crippen LogP contribution in [0.4, 0.5) is 4.39 Å². The number of hydrogen-bond acceptors (Lipinski definition) is 4. The van der Waals surface area contributed by atoms with Crippen LogP contribution in [0, 0.1) is 17.1 Å². The van der Waals surface area contributed by atoms with E-state index in [2.05, 4.69) is 9.98 Å². The van der Waals surface area contributed by atoms with E-state index in [1.54, 1.807) is 0 Å². The number of hydrogen-bond donors (Lipinski definition) is 0. The summed E-state index contributed by atoms with van der Waals surface area (Å²) in [6, 6.07) is 11.7. The smallest absolute Gasteiger partial charge is 0.150 e. The van der Waals surface area contributed by atoms with E-state index in [0.717, 1.165) is 5.56 Å². The quantitative estimate of drug-likeness (QED) is 0.848. The van der Waals surface area contributed by atoms with E-state index in [1.165, 1.54) is 6.20 Å². The van der Waals surface area contributed by atoms with E-state index in [9.17, 15) is 9.18 Å². The van der Waals surface area contributed by atoms with Crippen molar-refractivity contribution in [1.82, 2.24) is 4.98 Å². The van der Waals surface area contributed by atoms with Crippen LogP contribution in [0.2, 0.25) is 0 Å². The number of ketones is 1. The lowest BCUT2D eigenvalue weighted by Gasteiger charge is -2.11. The molecule has 0 unspecified atom stereocenters. The monoisotopic (exact) mass is 321 g/mol. The van der Waals surface area contributed by atoms with E-state index >= 15 is 0 Å². The molecular formula is C19H16FN3O. The molecule has 0 aliphatic carbocycles. The number of rotatable bonds is 5. The third-order valence-electron chi connectivity index (χ3n) is 4.22. The molecule has 120 valence electrons. The SMILES string of the molecule is C[C@@H](CC(=O)Cc1ncc2c(c1F)CN=C2C#N)c1ccccc1. The highest BCUT2D eigenvalue weighted by Crippen LogP contribution is 2.24. The maximum Gasteiger partial charge on any atom is 0.150 e. The van der Waals surface area contributed by atoms with Crippen LogP contribution < -0.4 is 0 Å². The second-order valence-electron chi connectivity index (χ2n) is 5.92. The lowest BCUT2D eigenvalue weighted by Crippen LogP contribution is -2.12. The minimum Gasteiger partial charge on any atom is -0.299 e. The van der Waals surface area contributed by atoms with E-state index < -0.39 is 5.82 Å². The Hall–Kier alpha value is -2.87. The van der Waals surface area contributed by atoms with Crippen molar-refractivity contribution >= 4 is 11.5 Å². The van der Waals surface area contributed by atoms with Crippen LogP contribution in [0.5, 0.6) is 0 Å². The zero-order chi connectivity index (χ0) is 17.1. The van der Waals surface area contributed by atoms with Crippen LogP contribution in [0.15, 0.2) is 41.5 Å². The van der Waals surface area contributed by atoms with Gasteiger partial charge in [0, 0.05) is 23.7 Å². The van der Waals surface area contributed by atoms with Gasteiger partial charge in [0.05, 0.1) is 18.7 Å². The number of benzene rings is 1. The number of fused-ring (bicyclic) bond motifs is 1. The second-order valence-corrected chi connectivity index (χ2v) is 5.92. The normalized spacial score (nSPS) is 13.8. The van der Waals surface area contributed by atoms with Gasteiger partial charge in [0.25, 0.3) is 0 Å². The van der Waals surface area contributed by atoms with Crippen molar-refractivity contribution in [3.8, 4) is 6.07 Å². The molecule has 0 bridgehead atoms. The van der Waals surface area contributed by atoms with Crippen molar-refractivity contribution < 1.29 is 9.18 Å². The Kier molecular flexibility index (Phi) is 4.48. The molecule has 0 radical (unpaired) electrons. The molecule has 0 amide bonds. The maximum atomic E-state index is 14.5. The first-order chi connectivity index (χ1) is 11.6. The molecular weight excluding hydrogens is 305 g/mol. The van der Waals surface area contributed by atoms with Gasteiger partial charge in [-0.3, -0.25) is 14.8 Å². The summed E-state index contributed by atoms with van der Waals surface area (Å²) in [7, 11) is 0. The Bertz CT molecular complexity index is 853. The molecule has 0 saturated heterocycles. The van der Waals surface area contributed by atoms with Crippen LogP contribution in [0.1, 0.15) is 41.6 Å². The van der Waals surface area contributed by atoms with E-state index in [1.807, 2.05) is 43.3 Å². The fraction of sp³-hybridized carbons (Fsp3) is 0.263. The van der Waals surface area contributed by atoms with Crippen LogP contribution in [-0.2, 0) is 17.8 Å². The van der Waals surface area contributed by atoms with Gasteiger partial charge in [-0.05, 0) is 11.5 Å². The predicted molar refractivity (Wildman–Crippen MR) is 88.2 cm³/mol. The van der Waals surface area contributed by atoms with Crippen LogP contribution in [0.3, 0.4) is 0 Å². The molecule has 1 atom stereocenters. The van der Waals surface area contributed by atoms with Crippen molar-refractivity contribution in [3.05, 3.63) is 64.7 Å². The number of aromatic nitrogens is 1. The standard InChI is InChI=1S/C19H16FN3O/c1-12(13-5-3-2-4-6-13)7-14(24)8-17-19(20)16-11-23-18(9-21)15(16)10-22-17/h2-6,10,12H,7-8,11H2,1H3/t12-/m0/s1. The number of pyridine rings is 1. The van der Waals surface area contributed by atoms with Gasteiger partial charge in [-0.15, -0.1) is 0 Å². The molecule has 1 aromatic carbocycles. The molecule has 1 aliphatic rings. The van der Waals surface area contributed by atoms with Gasteiger partial charge in [-0.25, -0.2) is 4.39 Å². The number of nitriles is 1. The van der Waals surface area contributed by atoms with Crippen molar-refractivity contribution in [2.24, 2.45) is 4.99 Å². The molecule has 0 N–H and O–H groups in total. The van der Waals surface area contributed by atoms with E-state index in [-0.39, 0.29) is 36.1 Å². The summed E-state index contributed by atoms with van der Waals surface area (Å²) in [4.78, 5) is 20.3. The second kappa shape index (κ2) is 6.71. The van der Waals surface area contributed by atoms with Gasteiger partial charge in [0.1, 0.15) is 17.6 Å². The summed E-state index contributed by atoms with van der Waals surface area (Å²) in [5.74, 6) is -0.496. The molecule has 2 aromatic rings. The first kappa shape index (κ1) is 16.0. The summed E-state index contributed by atoms with van der Waals surface area (Å²) in [6.45, 7) is 2.11. The Morgan fingerprint density at radius 3 is 2.83 bits per heavy atom. The fourth-order valence-electron chi connectivity index (χ4n) is 2.89. The fourth-order valence-corrected chi connectivity index (χ4v) is 2.89. The van der Waals surface area contributed by atoms with Gasteiger partial charge in [0.2, 0.25) is 0 Å². The highest BCUT2D eigenvalue weighted by Gasteiger charge is 2.23. The van der Waals surface area contributed by atoms with E-state index in [0.29, 0.717) is 17.5 Å². The van der Waals surface area contributed by atoms with Crippen molar-refractivity contribution in [1.29, 1.82) is 5.26 Å². The minimum atomic E-state index is -0.512. The molecule has 5 heteroatoms. The van der Waals surface area contributed by atoms with E-state index in [4.69, 9.17) is 5.26 Å². The van der Waals surface area contributed by atoms with Gasteiger partial charge < -0.3 is 0 Å². The largest absolute Gasteiger partial charge is 0.299 e. The molecule has 3 rings (SSSR count). The zero-order valence-corrected chi connectivity index (χ0v) is 13.3. The Labute approximate surface area is 139 Å². The zero-order valence-electron chi connectivity index (χ0n) is 13.3. The topological polar surface area (TPSA) is 66.1 Å². The first-order valence-corrected chi connectivity index (χ1v) is 7.78. The number of halogens is 1. The highest BCUT2D eigenvalue weighted by atomic mass is 19.1. The van der Waals surface area contributed by atoms with Crippen molar-refractivity contribution in [3.63, 3.8) is 0 Å². The predicted octanol–water partition coefficient (Wildman–Crippen LogP) is 3.35. The maximum absolute atomic E-state index is 14.5. The number of Topliss-reactive ketones (excluding diaryl/α,β-unsaturated/α-hetero) is 1. The molecule has 0 spiro atoms. The molecule has 0 saturated carbocycles. The lowest BCUT2D eigenvalue weighted by molar-refractivity contribution is -0.118. The van der Waals surface area contributed by atoms with Gasteiger partial charge in [-0.1, -0.05) is 37.3 Å². The highest BCUT2D eigenvalue weighted by molar-refractivity contribution is 6.13. The third-order valence-corrected chi connectivity index (χ3v) is 4.22. The minimum absolute atomic E-state index is 0.0435. The van der Waals surface area contributed by atoms with Gasteiger partial charge in [0.15, 0.2) is 5.82 Å². The number of aliphatic imine (C=N–C) groups is 1. The number of carbonyl (C=O) groups excluding carboxylic acids is 1. The van der Waals surface area contributed by atoms with Gasteiger partial charge >= 0.3 is 0 Å². The average molecular weight is 321 g/mol.